The van der Waals surface area contributed by atoms with Crippen molar-refractivity contribution in [2.24, 2.45) is 4.99 Å². The second kappa shape index (κ2) is 16.9. The molecule has 1 fully saturated rings. The van der Waals surface area contributed by atoms with E-state index in [0.29, 0.717) is 25.0 Å². The zero-order valence-corrected chi connectivity index (χ0v) is 26.0. The van der Waals surface area contributed by atoms with Crippen molar-refractivity contribution in [1.82, 2.24) is 5.06 Å². The first kappa shape index (κ1) is 31.6. The van der Waals surface area contributed by atoms with E-state index in [1.807, 2.05) is 12.1 Å². The van der Waals surface area contributed by atoms with Gasteiger partial charge in [0, 0.05) is 12.2 Å². The molecule has 2 aromatic rings. The van der Waals surface area contributed by atoms with Gasteiger partial charge >= 0.3 is 10.1 Å². The molecule has 7 heteroatoms. The van der Waals surface area contributed by atoms with Crippen molar-refractivity contribution < 1.29 is 12.7 Å². The predicted octanol–water partition coefficient (Wildman–Crippen LogP) is 8.99. The Labute approximate surface area is 249 Å². The van der Waals surface area contributed by atoms with E-state index in [0.717, 1.165) is 24.9 Å². The molecule has 226 valence electrons. The molecule has 0 aromatic heterocycles. The molecule has 0 amide bonds. The van der Waals surface area contributed by atoms with Crippen LogP contribution in [0.2, 0.25) is 0 Å². The smallest absolute Gasteiger partial charge is 0.317 e. The summed E-state index contributed by atoms with van der Waals surface area (Å²) in [5.74, 6) is 1.08. The van der Waals surface area contributed by atoms with Crippen LogP contribution in [0.4, 0.5) is 5.69 Å². The van der Waals surface area contributed by atoms with Gasteiger partial charge in [-0.15, -0.1) is 4.28 Å². The zero-order valence-electron chi connectivity index (χ0n) is 25.2. The maximum absolute atomic E-state index is 13.1. The summed E-state index contributed by atoms with van der Waals surface area (Å²) in [7, 11) is -3.96. The molecule has 0 saturated heterocycles. The monoisotopic (exact) mass is 581 g/mol. The quantitative estimate of drug-likeness (QED) is 0.200. The molecule has 1 heterocycles. The lowest BCUT2D eigenvalue weighted by atomic mass is 9.84. The summed E-state index contributed by atoms with van der Waals surface area (Å²) < 4.78 is 31.8. The number of rotatable bonds is 16. The average molecular weight is 582 g/mol. The Bertz CT molecular complexity index is 1160. The van der Waals surface area contributed by atoms with Crippen LogP contribution >= 0.6 is 0 Å². The highest BCUT2D eigenvalue weighted by molar-refractivity contribution is 7.86. The third-order valence-electron chi connectivity index (χ3n) is 8.48. The van der Waals surface area contributed by atoms with Gasteiger partial charge in [-0.25, -0.2) is 5.06 Å². The minimum atomic E-state index is -3.96. The van der Waals surface area contributed by atoms with Gasteiger partial charge in [-0.1, -0.05) is 108 Å². The third kappa shape index (κ3) is 10.4. The summed E-state index contributed by atoms with van der Waals surface area (Å²) in [4.78, 5) is 4.70. The maximum Gasteiger partial charge on any atom is 0.317 e. The first-order chi connectivity index (χ1) is 20.0. The van der Waals surface area contributed by atoms with Crippen molar-refractivity contribution in [1.29, 1.82) is 0 Å². The molecule has 0 spiro atoms. The molecular formula is C34H51N3O3S. The number of hydrogen-bond acceptors (Lipinski definition) is 6. The van der Waals surface area contributed by atoms with Crippen molar-refractivity contribution in [3.8, 4) is 0 Å². The van der Waals surface area contributed by atoms with Crippen LogP contribution in [0.5, 0.6) is 0 Å². The molecule has 0 bridgehead atoms. The zero-order chi connectivity index (χ0) is 28.8. The lowest BCUT2D eigenvalue weighted by Crippen LogP contribution is -2.41. The van der Waals surface area contributed by atoms with Crippen molar-refractivity contribution in [3.05, 3.63) is 59.7 Å². The third-order valence-corrected chi connectivity index (χ3v) is 9.71. The van der Waals surface area contributed by atoms with Gasteiger partial charge < -0.3 is 5.32 Å². The Hall–Kier alpha value is -2.38. The number of nitrogens with zero attached hydrogens (tertiary/aromatic N) is 2. The van der Waals surface area contributed by atoms with Crippen molar-refractivity contribution in [2.45, 2.75) is 127 Å². The van der Waals surface area contributed by atoms with E-state index in [-0.39, 0.29) is 4.90 Å². The first-order valence-corrected chi connectivity index (χ1v) is 17.7. The van der Waals surface area contributed by atoms with Crippen LogP contribution in [0, 0.1) is 0 Å². The van der Waals surface area contributed by atoms with E-state index in [1.165, 1.54) is 106 Å². The second-order valence-corrected chi connectivity index (χ2v) is 13.4. The van der Waals surface area contributed by atoms with E-state index < -0.39 is 10.1 Å². The minimum absolute atomic E-state index is 0.172. The van der Waals surface area contributed by atoms with E-state index in [9.17, 15) is 8.42 Å². The van der Waals surface area contributed by atoms with E-state index in [4.69, 9.17) is 4.28 Å². The van der Waals surface area contributed by atoms with Crippen LogP contribution in [0.25, 0.3) is 0 Å². The molecular weight excluding hydrogens is 530 g/mol. The lowest BCUT2D eigenvalue weighted by Gasteiger charge is -2.28. The highest BCUT2D eigenvalue weighted by atomic mass is 32.2. The van der Waals surface area contributed by atoms with E-state index >= 15 is 0 Å². The summed E-state index contributed by atoms with van der Waals surface area (Å²) in [6, 6.07) is 15.6. The summed E-state index contributed by atoms with van der Waals surface area (Å²) in [5, 5.41) is 4.66. The average Bonchev–Trinajstić information content (AvgIpc) is 3.00. The summed E-state index contributed by atoms with van der Waals surface area (Å²) in [5.41, 5.74) is 3.43. The Kier molecular flexibility index (Phi) is 13.0. The van der Waals surface area contributed by atoms with Crippen LogP contribution in [-0.2, 0) is 20.8 Å². The second-order valence-electron chi connectivity index (χ2n) is 11.8. The number of aryl methyl sites for hydroxylation is 1. The fourth-order valence-electron chi connectivity index (χ4n) is 5.96. The Morgan fingerprint density at radius 2 is 1.44 bits per heavy atom. The van der Waals surface area contributed by atoms with Gasteiger partial charge in [-0.3, -0.25) is 4.99 Å². The van der Waals surface area contributed by atoms with Gasteiger partial charge in [0.2, 0.25) is 5.96 Å². The molecule has 1 saturated carbocycles. The van der Waals surface area contributed by atoms with Crippen molar-refractivity contribution >= 4 is 21.8 Å². The van der Waals surface area contributed by atoms with Crippen LogP contribution < -0.4 is 5.32 Å². The highest BCUT2D eigenvalue weighted by Crippen LogP contribution is 2.33. The topological polar surface area (TPSA) is 71.0 Å². The largest absolute Gasteiger partial charge is 0.324 e. The number of aliphatic imine (C=N–C) groups is 1. The molecule has 41 heavy (non-hydrogen) atoms. The minimum Gasteiger partial charge on any atom is -0.324 e. The van der Waals surface area contributed by atoms with Crippen molar-refractivity contribution in [3.63, 3.8) is 0 Å². The molecule has 2 aliphatic rings. The molecule has 1 aliphatic heterocycles. The van der Waals surface area contributed by atoms with E-state index in [2.05, 4.69) is 41.5 Å². The fraction of sp³-hybridized carbons (Fsp3) is 0.618. The number of nitrogens with one attached hydrogen (secondary N) is 1. The molecule has 1 aliphatic carbocycles. The lowest BCUT2D eigenvalue weighted by molar-refractivity contribution is 0.0218. The Balaban J connectivity index is 1.22. The predicted molar refractivity (Wildman–Crippen MR) is 170 cm³/mol. The number of anilines is 1. The van der Waals surface area contributed by atoms with Gasteiger partial charge in [0.05, 0.1) is 11.4 Å². The maximum atomic E-state index is 13.1. The SMILES string of the molecule is CCCCCCCCCCCCc1ccc(S(=O)(=O)ON2CCCN=C2Nc2ccc(C3CCCCC3)cc2)cc1. The van der Waals surface area contributed by atoms with Gasteiger partial charge in [0.15, 0.2) is 0 Å². The highest BCUT2D eigenvalue weighted by Gasteiger charge is 2.25. The molecule has 1 N–H and O–H groups in total. The first-order valence-electron chi connectivity index (χ1n) is 16.3. The Morgan fingerprint density at radius 3 is 2.10 bits per heavy atom. The van der Waals surface area contributed by atoms with Crippen LogP contribution in [-0.4, -0.2) is 32.5 Å². The molecule has 0 radical (unpaired) electrons. The molecule has 2 aromatic carbocycles. The van der Waals surface area contributed by atoms with Crippen LogP contribution in [0.1, 0.15) is 127 Å². The summed E-state index contributed by atoms with van der Waals surface area (Å²) >= 11 is 0. The van der Waals surface area contributed by atoms with E-state index in [1.54, 1.807) is 12.1 Å². The fourth-order valence-corrected chi connectivity index (χ4v) is 6.90. The molecule has 4 rings (SSSR count). The standard InChI is InChI=1S/C34H51N3O3S/c1-2-3-4-5-6-7-8-9-10-12-16-29-19-25-33(26-20-29)41(38,39)40-37-28-15-27-35-34(37)36-32-23-21-31(22-24-32)30-17-13-11-14-18-30/h19-26,30H,2-18,27-28H2,1H3,(H,35,36). The van der Waals surface area contributed by atoms with Gasteiger partial charge in [0.25, 0.3) is 0 Å². The Morgan fingerprint density at radius 1 is 0.805 bits per heavy atom. The number of hydrogen-bond donors (Lipinski definition) is 1. The molecule has 0 unspecified atom stereocenters. The number of benzene rings is 2. The van der Waals surface area contributed by atoms with Crippen LogP contribution in [0.15, 0.2) is 58.4 Å². The van der Waals surface area contributed by atoms with Crippen LogP contribution in [0.3, 0.4) is 0 Å². The molecule has 6 nitrogen and oxygen atoms in total. The van der Waals surface area contributed by atoms with Gasteiger partial charge in [0.1, 0.15) is 0 Å². The number of hydroxylamine groups is 2. The molecule has 0 atom stereocenters. The van der Waals surface area contributed by atoms with Gasteiger partial charge in [-0.05, 0) is 73.4 Å². The number of unbranched alkanes of at least 4 members (excludes halogenated alkanes) is 9. The summed E-state index contributed by atoms with van der Waals surface area (Å²) in [6.45, 7) is 3.36. The number of guanidine groups is 1. The van der Waals surface area contributed by atoms with Crippen molar-refractivity contribution in [2.75, 3.05) is 18.4 Å². The normalized spacial score (nSPS) is 16.5. The van der Waals surface area contributed by atoms with Gasteiger partial charge in [-0.2, -0.15) is 8.42 Å². The summed E-state index contributed by atoms with van der Waals surface area (Å²) in [6.07, 6.45) is 21.3.